The Kier molecular flexibility index (Phi) is 3.86. The predicted molar refractivity (Wildman–Crippen MR) is 97.2 cm³/mol. The van der Waals surface area contributed by atoms with Crippen molar-refractivity contribution in [2.45, 2.75) is 13.3 Å². The molecule has 2 aromatic carbocycles. The molecule has 0 radical (unpaired) electrons. The van der Waals surface area contributed by atoms with Gasteiger partial charge >= 0.3 is 0 Å². The van der Waals surface area contributed by atoms with E-state index in [0.717, 1.165) is 5.56 Å². The Morgan fingerprint density at radius 2 is 1.92 bits per heavy atom. The minimum atomic E-state index is -0.222. The van der Waals surface area contributed by atoms with Crippen molar-refractivity contribution in [1.82, 2.24) is 14.7 Å². The Balaban J connectivity index is 1.93. The van der Waals surface area contributed by atoms with Crippen LogP contribution >= 0.6 is 11.6 Å². The Labute approximate surface area is 148 Å². The summed E-state index contributed by atoms with van der Waals surface area (Å²) in [5.74, 6) is 0.950. The maximum atomic E-state index is 13.0. The first-order chi connectivity index (χ1) is 12.2. The molecule has 6 heteroatoms. The first-order valence-electron chi connectivity index (χ1n) is 7.91. The molecule has 0 aliphatic carbocycles. The van der Waals surface area contributed by atoms with E-state index in [4.69, 9.17) is 16.1 Å². The van der Waals surface area contributed by atoms with E-state index in [-0.39, 0.29) is 5.56 Å². The van der Waals surface area contributed by atoms with Gasteiger partial charge in [-0.3, -0.25) is 4.79 Å². The van der Waals surface area contributed by atoms with E-state index in [1.54, 1.807) is 24.3 Å². The molecule has 0 atom stereocenters. The van der Waals surface area contributed by atoms with Crippen molar-refractivity contribution in [3.63, 3.8) is 0 Å². The van der Waals surface area contributed by atoms with E-state index < -0.39 is 0 Å². The number of hydrogen-bond donors (Lipinski definition) is 0. The summed E-state index contributed by atoms with van der Waals surface area (Å²) < 4.78 is 6.90. The van der Waals surface area contributed by atoms with Gasteiger partial charge in [0.1, 0.15) is 11.5 Å². The molecule has 0 spiro atoms. The number of hydrogen-bond acceptors (Lipinski definition) is 4. The van der Waals surface area contributed by atoms with Crippen LogP contribution in [0.5, 0.6) is 0 Å². The lowest BCUT2D eigenvalue weighted by molar-refractivity contribution is 0.403. The number of nitrogens with zero attached hydrogens (tertiary/aromatic N) is 3. The summed E-state index contributed by atoms with van der Waals surface area (Å²) >= 11 is 6.04. The molecule has 0 saturated heterocycles. The SMILES string of the molecule is CCc1nc2ccc(Cl)cc2c(=O)n1-c1cc(-c2ccccc2)no1. The average Bonchev–Trinajstić information content (AvgIpc) is 3.12. The molecule has 0 fully saturated rings. The Bertz CT molecular complexity index is 1120. The third-order valence-electron chi connectivity index (χ3n) is 4.00. The van der Waals surface area contributed by atoms with Gasteiger partial charge in [-0.15, -0.1) is 0 Å². The summed E-state index contributed by atoms with van der Waals surface area (Å²) in [4.78, 5) is 17.6. The van der Waals surface area contributed by atoms with E-state index in [0.29, 0.717) is 39.7 Å². The van der Waals surface area contributed by atoms with Crippen LogP contribution in [0.25, 0.3) is 28.0 Å². The number of aryl methyl sites for hydroxylation is 1. The molecule has 4 rings (SSSR count). The van der Waals surface area contributed by atoms with E-state index >= 15 is 0 Å². The molecule has 25 heavy (non-hydrogen) atoms. The zero-order valence-electron chi connectivity index (χ0n) is 13.4. The van der Waals surface area contributed by atoms with Gasteiger partial charge in [0.05, 0.1) is 10.9 Å². The maximum Gasteiger partial charge on any atom is 0.268 e. The van der Waals surface area contributed by atoms with Crippen LogP contribution in [0.15, 0.2) is 63.9 Å². The van der Waals surface area contributed by atoms with E-state index in [2.05, 4.69) is 10.1 Å². The number of rotatable bonds is 3. The standard InChI is InChI=1S/C19H14ClN3O2/c1-2-17-21-15-9-8-13(20)10-14(15)19(24)23(17)18-11-16(22-25-18)12-6-4-3-5-7-12/h3-11H,2H2,1H3. The monoisotopic (exact) mass is 351 g/mol. The van der Waals surface area contributed by atoms with Crippen LogP contribution in [0.1, 0.15) is 12.7 Å². The van der Waals surface area contributed by atoms with Gasteiger partial charge in [0.15, 0.2) is 0 Å². The van der Waals surface area contributed by atoms with Crippen molar-refractivity contribution >= 4 is 22.5 Å². The van der Waals surface area contributed by atoms with E-state index in [1.165, 1.54) is 4.57 Å². The van der Waals surface area contributed by atoms with Gasteiger partial charge in [0, 0.05) is 23.1 Å². The second kappa shape index (κ2) is 6.18. The molecule has 4 aromatic rings. The Morgan fingerprint density at radius 1 is 1.12 bits per heavy atom. The first kappa shape index (κ1) is 15.6. The molecule has 0 aliphatic rings. The van der Waals surface area contributed by atoms with Gasteiger partial charge in [0.2, 0.25) is 5.88 Å². The van der Waals surface area contributed by atoms with E-state index in [1.807, 2.05) is 37.3 Å². The Morgan fingerprint density at radius 3 is 2.68 bits per heavy atom. The molecule has 124 valence electrons. The fourth-order valence-corrected chi connectivity index (χ4v) is 2.96. The van der Waals surface area contributed by atoms with Gasteiger partial charge in [-0.05, 0) is 18.2 Å². The fourth-order valence-electron chi connectivity index (χ4n) is 2.78. The topological polar surface area (TPSA) is 60.9 Å². The third-order valence-corrected chi connectivity index (χ3v) is 4.24. The van der Waals surface area contributed by atoms with Crippen molar-refractivity contribution in [1.29, 1.82) is 0 Å². The number of aromatic nitrogens is 3. The van der Waals surface area contributed by atoms with E-state index in [9.17, 15) is 4.79 Å². The number of benzene rings is 2. The summed E-state index contributed by atoms with van der Waals surface area (Å²) in [6.07, 6.45) is 0.579. The molecule has 0 saturated carbocycles. The summed E-state index contributed by atoms with van der Waals surface area (Å²) in [6.45, 7) is 1.94. The van der Waals surface area contributed by atoms with Crippen LogP contribution in [0, 0.1) is 0 Å². The van der Waals surface area contributed by atoms with Gasteiger partial charge in [0.25, 0.3) is 5.56 Å². The van der Waals surface area contributed by atoms with Gasteiger partial charge in [-0.2, -0.15) is 0 Å². The van der Waals surface area contributed by atoms with Crippen LogP contribution in [-0.4, -0.2) is 14.7 Å². The molecule has 5 nitrogen and oxygen atoms in total. The van der Waals surface area contributed by atoms with Crippen molar-refractivity contribution in [2.24, 2.45) is 0 Å². The normalized spacial score (nSPS) is 11.1. The zero-order valence-corrected chi connectivity index (χ0v) is 14.2. The maximum absolute atomic E-state index is 13.0. The highest BCUT2D eigenvalue weighted by Gasteiger charge is 2.16. The number of halogens is 1. The Hall–Kier alpha value is -2.92. The first-order valence-corrected chi connectivity index (χ1v) is 8.29. The predicted octanol–water partition coefficient (Wildman–Crippen LogP) is 4.26. The zero-order chi connectivity index (χ0) is 17.4. The highest BCUT2D eigenvalue weighted by atomic mass is 35.5. The van der Waals surface area contributed by atoms with Gasteiger partial charge in [-0.25, -0.2) is 9.55 Å². The summed E-state index contributed by atoms with van der Waals surface area (Å²) in [7, 11) is 0. The second-order valence-electron chi connectivity index (χ2n) is 5.60. The summed E-state index contributed by atoms with van der Waals surface area (Å²) in [5, 5.41) is 5.03. The largest absolute Gasteiger partial charge is 0.337 e. The fraction of sp³-hybridized carbons (Fsp3) is 0.105. The molecule has 0 aliphatic heterocycles. The van der Waals surface area contributed by atoms with Crippen LogP contribution < -0.4 is 5.56 Å². The second-order valence-corrected chi connectivity index (χ2v) is 6.04. The molecule has 0 N–H and O–H groups in total. The molecule has 2 heterocycles. The molecule has 0 amide bonds. The molecular formula is C19H14ClN3O2. The molecular weight excluding hydrogens is 338 g/mol. The lowest BCUT2D eigenvalue weighted by atomic mass is 10.1. The highest BCUT2D eigenvalue weighted by molar-refractivity contribution is 6.31. The quantitative estimate of drug-likeness (QED) is 0.553. The van der Waals surface area contributed by atoms with Crippen LogP contribution in [0.2, 0.25) is 5.02 Å². The van der Waals surface area contributed by atoms with Crippen LogP contribution in [0.3, 0.4) is 0 Å². The molecule has 0 unspecified atom stereocenters. The highest BCUT2D eigenvalue weighted by Crippen LogP contribution is 2.22. The van der Waals surface area contributed by atoms with Crippen molar-refractivity contribution in [3.8, 4) is 17.1 Å². The van der Waals surface area contributed by atoms with Crippen molar-refractivity contribution < 1.29 is 4.52 Å². The molecule has 2 aromatic heterocycles. The van der Waals surface area contributed by atoms with Gasteiger partial charge in [-0.1, -0.05) is 54.0 Å². The van der Waals surface area contributed by atoms with Crippen LogP contribution in [0.4, 0.5) is 0 Å². The average molecular weight is 352 g/mol. The van der Waals surface area contributed by atoms with Gasteiger partial charge < -0.3 is 4.52 Å². The van der Waals surface area contributed by atoms with Crippen LogP contribution in [-0.2, 0) is 6.42 Å². The minimum absolute atomic E-state index is 0.222. The van der Waals surface area contributed by atoms with Crippen molar-refractivity contribution in [2.75, 3.05) is 0 Å². The number of fused-ring (bicyclic) bond motifs is 1. The third kappa shape index (κ3) is 2.72. The minimum Gasteiger partial charge on any atom is -0.337 e. The van der Waals surface area contributed by atoms with Crippen molar-refractivity contribution in [3.05, 3.63) is 75.8 Å². The molecule has 0 bridgehead atoms. The lowest BCUT2D eigenvalue weighted by Crippen LogP contribution is -2.23. The smallest absolute Gasteiger partial charge is 0.268 e. The summed E-state index contributed by atoms with van der Waals surface area (Å²) in [5.41, 5.74) is 1.97. The summed E-state index contributed by atoms with van der Waals surface area (Å²) in [6, 6.07) is 16.5. The lowest BCUT2D eigenvalue weighted by Gasteiger charge is -2.09.